The summed E-state index contributed by atoms with van der Waals surface area (Å²) in [6.45, 7) is 0. The van der Waals surface area contributed by atoms with Crippen LogP contribution in [0.4, 0.5) is 0 Å². The quantitative estimate of drug-likeness (QED) is 0.595. The first-order valence-corrected chi connectivity index (χ1v) is 8.65. The molecule has 3 heterocycles. The van der Waals surface area contributed by atoms with E-state index >= 15 is 0 Å². The molecule has 118 valence electrons. The smallest absolute Gasteiger partial charge is 0.316 e. The summed E-state index contributed by atoms with van der Waals surface area (Å²) < 4.78 is 5.27. The molecule has 0 spiro atoms. The van der Waals surface area contributed by atoms with E-state index in [0.29, 0.717) is 26.2 Å². The molecule has 2 aromatic rings. The minimum atomic E-state index is -1.37. The van der Waals surface area contributed by atoms with Crippen molar-refractivity contribution in [3.63, 3.8) is 0 Å². The predicted molar refractivity (Wildman–Crippen MR) is 82.0 cm³/mol. The first-order chi connectivity index (χ1) is 11.0. The van der Waals surface area contributed by atoms with Gasteiger partial charge in [-0.05, 0) is 18.2 Å². The molecule has 2 aliphatic rings. The molecule has 0 unspecified atom stereocenters. The number of halogens is 1. The maximum Gasteiger partial charge on any atom is 0.316 e. The third-order valence-corrected chi connectivity index (χ3v) is 6.50. The fraction of sp³-hybridized carbons (Fsp3) is 0.214. The summed E-state index contributed by atoms with van der Waals surface area (Å²) in [6, 6.07) is 4.79. The maximum absolute atomic E-state index is 12.4. The average molecular weight is 369 g/mol. The van der Waals surface area contributed by atoms with Gasteiger partial charge in [0.15, 0.2) is 0 Å². The highest BCUT2D eigenvalue weighted by Crippen LogP contribution is 2.53. The number of thiazole rings is 1. The molecule has 0 amide bonds. The minimum Gasteiger partial charge on any atom is -0.549 e. The normalized spacial score (nSPS) is 25.1. The molecular weight excluding hydrogens is 362 g/mol. The van der Waals surface area contributed by atoms with Crippen LogP contribution in [0.5, 0.6) is 5.75 Å². The molecule has 9 heteroatoms. The monoisotopic (exact) mass is 368 g/mol. The van der Waals surface area contributed by atoms with Crippen LogP contribution in [0.2, 0.25) is 5.02 Å². The van der Waals surface area contributed by atoms with Crippen molar-refractivity contribution in [2.75, 3.05) is 0 Å². The second kappa shape index (κ2) is 5.12. The van der Waals surface area contributed by atoms with E-state index in [1.165, 1.54) is 0 Å². The number of aromatic amines is 1. The lowest BCUT2D eigenvalue weighted by molar-refractivity contribution is -0.306. The maximum atomic E-state index is 12.4. The molecule has 3 atom stereocenters. The molecule has 1 aromatic carbocycles. The van der Waals surface area contributed by atoms with Crippen LogP contribution in [0, 0.1) is 5.92 Å². The van der Waals surface area contributed by atoms with Gasteiger partial charge in [0.05, 0.1) is 22.2 Å². The van der Waals surface area contributed by atoms with Crippen molar-refractivity contribution >= 4 is 46.6 Å². The Balaban J connectivity index is 2.00. The van der Waals surface area contributed by atoms with Gasteiger partial charge in [0.1, 0.15) is 5.75 Å². The van der Waals surface area contributed by atoms with Crippen LogP contribution in [-0.4, -0.2) is 22.2 Å². The van der Waals surface area contributed by atoms with Crippen LogP contribution in [0.1, 0.15) is 16.4 Å². The van der Waals surface area contributed by atoms with Crippen molar-refractivity contribution in [2.24, 2.45) is 5.92 Å². The Kier molecular flexibility index (Phi) is 3.29. The number of fused-ring (bicyclic) bond motifs is 5. The number of carboxylic acid groups (broad SMARTS) is 1. The lowest BCUT2D eigenvalue weighted by atomic mass is 9.80. The standard InChI is InChI=1S/C14H8ClNO5S2/c15-4-1-2-6-5(3-4)7-8(13(19)21-6)10(12(17)18)22-11-9(7)23-14(20)16-11/h1-3,7-8,10H,(H,16,20)(H,17,18)/p-1/t7-,8+,10-/m0/s1. The van der Waals surface area contributed by atoms with Crippen molar-refractivity contribution in [1.82, 2.24) is 4.98 Å². The van der Waals surface area contributed by atoms with E-state index in [1.54, 1.807) is 18.2 Å². The van der Waals surface area contributed by atoms with Crippen LogP contribution in [0.25, 0.3) is 0 Å². The van der Waals surface area contributed by atoms with E-state index < -0.39 is 29.0 Å². The largest absolute Gasteiger partial charge is 0.549 e. The number of ether oxygens (including phenoxy) is 1. The molecule has 6 nitrogen and oxygen atoms in total. The van der Waals surface area contributed by atoms with E-state index in [2.05, 4.69) is 4.98 Å². The first kappa shape index (κ1) is 14.8. The summed E-state index contributed by atoms with van der Waals surface area (Å²) in [5, 5.41) is 11.2. The highest BCUT2D eigenvalue weighted by Gasteiger charge is 2.49. The number of nitrogens with one attached hydrogen (secondary N) is 1. The Morgan fingerprint density at radius 3 is 2.87 bits per heavy atom. The van der Waals surface area contributed by atoms with E-state index in [4.69, 9.17) is 16.3 Å². The number of H-pyrrole nitrogens is 1. The van der Waals surface area contributed by atoms with E-state index in [0.717, 1.165) is 23.1 Å². The molecule has 0 bridgehead atoms. The number of thioether (sulfide) groups is 1. The van der Waals surface area contributed by atoms with Gasteiger partial charge in [-0.2, -0.15) is 0 Å². The number of carbonyl (C=O) groups excluding carboxylic acids is 2. The van der Waals surface area contributed by atoms with Gasteiger partial charge in [-0.15, -0.1) is 0 Å². The number of rotatable bonds is 1. The summed E-state index contributed by atoms with van der Waals surface area (Å²) in [5.74, 6) is -3.23. The number of esters is 1. The Morgan fingerprint density at radius 1 is 1.35 bits per heavy atom. The molecule has 1 aromatic heterocycles. The second-order valence-electron chi connectivity index (χ2n) is 5.17. The fourth-order valence-corrected chi connectivity index (χ4v) is 5.55. The third kappa shape index (κ3) is 2.20. The van der Waals surface area contributed by atoms with Gasteiger partial charge < -0.3 is 19.6 Å². The summed E-state index contributed by atoms with van der Waals surface area (Å²) in [4.78, 5) is 38.5. The van der Waals surface area contributed by atoms with E-state index in [-0.39, 0.29) is 4.87 Å². The molecule has 0 fully saturated rings. The number of aliphatic carboxylic acids is 1. The van der Waals surface area contributed by atoms with E-state index in [1.807, 2.05) is 0 Å². The van der Waals surface area contributed by atoms with Crippen LogP contribution in [0.3, 0.4) is 0 Å². The highest BCUT2D eigenvalue weighted by molar-refractivity contribution is 8.00. The first-order valence-electron chi connectivity index (χ1n) is 6.57. The Morgan fingerprint density at radius 2 is 2.13 bits per heavy atom. The topological polar surface area (TPSA) is 99.3 Å². The van der Waals surface area contributed by atoms with Gasteiger partial charge in [0.2, 0.25) is 0 Å². The molecule has 0 aliphatic carbocycles. The summed E-state index contributed by atoms with van der Waals surface area (Å²) in [6.07, 6.45) is 0. The van der Waals surface area contributed by atoms with Crippen molar-refractivity contribution < 1.29 is 19.4 Å². The van der Waals surface area contributed by atoms with Crippen LogP contribution < -0.4 is 14.7 Å². The Bertz CT molecular complexity index is 905. The number of hydrogen-bond acceptors (Lipinski definition) is 7. The Hall–Kier alpha value is -1.77. The molecule has 0 saturated heterocycles. The van der Waals surface area contributed by atoms with Crippen molar-refractivity contribution in [1.29, 1.82) is 0 Å². The van der Waals surface area contributed by atoms with Crippen molar-refractivity contribution in [3.05, 3.63) is 43.3 Å². The zero-order chi connectivity index (χ0) is 16.3. The molecule has 0 radical (unpaired) electrons. The van der Waals surface area contributed by atoms with Crippen molar-refractivity contribution in [3.8, 4) is 5.75 Å². The van der Waals surface area contributed by atoms with Crippen molar-refractivity contribution in [2.45, 2.75) is 16.2 Å². The zero-order valence-corrected chi connectivity index (χ0v) is 13.6. The van der Waals surface area contributed by atoms with Gasteiger partial charge in [0.25, 0.3) is 0 Å². The van der Waals surface area contributed by atoms with Gasteiger partial charge in [-0.1, -0.05) is 34.7 Å². The Labute approximate surface area is 142 Å². The van der Waals surface area contributed by atoms with Crippen LogP contribution >= 0.6 is 34.7 Å². The highest BCUT2D eigenvalue weighted by atomic mass is 35.5. The second-order valence-corrected chi connectivity index (χ2v) is 7.78. The van der Waals surface area contributed by atoms with Gasteiger partial charge in [-0.3, -0.25) is 9.59 Å². The molecule has 2 aliphatic heterocycles. The lowest BCUT2D eigenvalue weighted by Gasteiger charge is -2.39. The summed E-state index contributed by atoms with van der Waals surface area (Å²) in [7, 11) is 0. The summed E-state index contributed by atoms with van der Waals surface area (Å²) in [5.41, 5.74) is 0.602. The molecule has 23 heavy (non-hydrogen) atoms. The number of aromatic nitrogens is 1. The molecule has 4 rings (SSSR count). The fourth-order valence-electron chi connectivity index (χ4n) is 2.98. The number of carboxylic acids is 1. The number of benzene rings is 1. The van der Waals surface area contributed by atoms with Gasteiger partial charge >= 0.3 is 10.8 Å². The SMILES string of the molecule is O=C1Oc2ccc(Cl)cc2[C@@H]2c3sc(=O)[nH]c3S[C@H](C(=O)[O-])[C@H]12. The van der Waals surface area contributed by atoms with Crippen LogP contribution in [-0.2, 0) is 9.59 Å². The van der Waals surface area contributed by atoms with Gasteiger partial charge in [-0.25, -0.2) is 0 Å². The van der Waals surface area contributed by atoms with E-state index in [9.17, 15) is 19.5 Å². The minimum absolute atomic E-state index is 0.303. The third-order valence-electron chi connectivity index (χ3n) is 3.88. The average Bonchev–Trinajstić information content (AvgIpc) is 2.86. The molecule has 0 saturated carbocycles. The molecule has 1 N–H and O–H groups in total. The lowest BCUT2D eigenvalue weighted by Crippen LogP contribution is -2.48. The molecular formula is C14H7ClNO5S2-. The zero-order valence-electron chi connectivity index (χ0n) is 11.2. The number of hydrogen-bond donors (Lipinski definition) is 1. The summed E-state index contributed by atoms with van der Waals surface area (Å²) >= 11 is 7.91. The van der Waals surface area contributed by atoms with Crippen LogP contribution in [0.15, 0.2) is 28.0 Å². The number of carbonyl (C=O) groups is 2. The predicted octanol–water partition coefficient (Wildman–Crippen LogP) is 0.981. The van der Waals surface area contributed by atoms with Gasteiger partial charge in [0, 0.05) is 21.4 Å².